The smallest absolute Gasteiger partial charge is 0.311 e. The summed E-state index contributed by atoms with van der Waals surface area (Å²) in [7, 11) is 1.32. The highest BCUT2D eigenvalue weighted by molar-refractivity contribution is 6.30. The molecule has 27 heavy (non-hydrogen) atoms. The molecule has 0 radical (unpaired) electrons. The molecule has 7 heteroatoms. The molecule has 1 unspecified atom stereocenters. The highest BCUT2D eigenvalue weighted by Crippen LogP contribution is 2.26. The summed E-state index contributed by atoms with van der Waals surface area (Å²) in [4.78, 5) is 29.2. The van der Waals surface area contributed by atoms with Gasteiger partial charge in [0.15, 0.2) is 0 Å². The van der Waals surface area contributed by atoms with Gasteiger partial charge in [0, 0.05) is 18.9 Å². The lowest BCUT2D eigenvalue weighted by atomic mass is 9.96. The second kappa shape index (κ2) is 9.97. The number of hydrazone groups is 1. The molecule has 0 bridgehead atoms. The van der Waals surface area contributed by atoms with Crippen LogP contribution in [0.25, 0.3) is 0 Å². The molecule has 7 nitrogen and oxygen atoms in total. The van der Waals surface area contributed by atoms with E-state index in [1.54, 1.807) is 19.1 Å². The van der Waals surface area contributed by atoms with Gasteiger partial charge < -0.3 is 9.47 Å². The molecule has 1 aliphatic rings. The van der Waals surface area contributed by atoms with Crippen molar-refractivity contribution in [2.24, 2.45) is 16.0 Å². The monoisotopic (exact) mass is 373 g/mol. The fraction of sp³-hybridized carbons (Fsp3) is 0.500. The number of carbonyl (C=O) groups excluding carboxylic acids is 2. The van der Waals surface area contributed by atoms with Crippen LogP contribution >= 0.6 is 0 Å². The van der Waals surface area contributed by atoms with Crippen molar-refractivity contribution >= 4 is 29.0 Å². The Hall–Kier alpha value is -2.54. The number of para-hydroxylation sites is 1. The summed E-state index contributed by atoms with van der Waals surface area (Å²) in [6, 6.07) is 9.14. The molecule has 0 saturated heterocycles. The Labute approximate surface area is 160 Å². The number of nitrogens with zero attached hydrogens (tertiary/aromatic N) is 3. The molecule has 0 aliphatic carbocycles. The van der Waals surface area contributed by atoms with Crippen molar-refractivity contribution in [3.05, 3.63) is 30.3 Å². The van der Waals surface area contributed by atoms with E-state index in [-0.39, 0.29) is 18.4 Å². The SMILES string of the molecule is COC(=O)CC1=NN(c2ccccc2)C(=O)C1C(C)=NCCCOC(C)C. The molecule has 0 saturated carbocycles. The molecule has 0 spiro atoms. The first-order chi connectivity index (χ1) is 12.9. The third kappa shape index (κ3) is 5.72. The highest BCUT2D eigenvalue weighted by Gasteiger charge is 2.39. The number of esters is 1. The van der Waals surface area contributed by atoms with Crippen LogP contribution in [0.1, 0.15) is 33.6 Å². The Kier molecular flexibility index (Phi) is 7.67. The summed E-state index contributed by atoms with van der Waals surface area (Å²) in [6.07, 6.45) is 0.909. The van der Waals surface area contributed by atoms with Crippen LogP contribution in [0.5, 0.6) is 0 Å². The zero-order valence-electron chi connectivity index (χ0n) is 16.3. The summed E-state index contributed by atoms with van der Waals surface area (Å²) < 4.78 is 10.2. The molecule has 1 heterocycles. The van der Waals surface area contributed by atoms with E-state index in [1.807, 2.05) is 32.0 Å². The first kappa shape index (κ1) is 20.8. The average molecular weight is 373 g/mol. The second-order valence-electron chi connectivity index (χ2n) is 6.56. The first-order valence-corrected chi connectivity index (χ1v) is 9.09. The van der Waals surface area contributed by atoms with Crippen LogP contribution in [-0.4, -0.2) is 49.7 Å². The van der Waals surface area contributed by atoms with Gasteiger partial charge in [0.25, 0.3) is 5.91 Å². The Bertz CT molecular complexity index is 713. The van der Waals surface area contributed by atoms with E-state index in [0.29, 0.717) is 30.3 Å². The lowest BCUT2D eigenvalue weighted by Gasteiger charge is -2.14. The number of aliphatic imine (C=N–C) groups is 1. The van der Waals surface area contributed by atoms with Crippen molar-refractivity contribution in [1.29, 1.82) is 0 Å². The van der Waals surface area contributed by atoms with E-state index in [2.05, 4.69) is 10.1 Å². The van der Waals surface area contributed by atoms with Gasteiger partial charge in [-0.25, -0.2) is 0 Å². The minimum Gasteiger partial charge on any atom is -0.469 e. The van der Waals surface area contributed by atoms with Gasteiger partial charge in [-0.1, -0.05) is 18.2 Å². The predicted octanol–water partition coefficient (Wildman–Crippen LogP) is 2.84. The van der Waals surface area contributed by atoms with Gasteiger partial charge in [0.1, 0.15) is 5.92 Å². The molecule has 1 amide bonds. The van der Waals surface area contributed by atoms with Crippen molar-refractivity contribution in [2.45, 2.75) is 39.7 Å². The number of ether oxygens (including phenoxy) is 2. The fourth-order valence-corrected chi connectivity index (χ4v) is 2.76. The van der Waals surface area contributed by atoms with E-state index in [1.165, 1.54) is 12.1 Å². The topological polar surface area (TPSA) is 80.6 Å². The van der Waals surface area contributed by atoms with Crippen LogP contribution in [0.15, 0.2) is 40.4 Å². The lowest BCUT2D eigenvalue weighted by molar-refractivity contribution is -0.139. The largest absolute Gasteiger partial charge is 0.469 e. The number of carbonyl (C=O) groups is 2. The summed E-state index contributed by atoms with van der Waals surface area (Å²) in [6.45, 7) is 6.94. The van der Waals surface area contributed by atoms with E-state index in [9.17, 15) is 9.59 Å². The Morgan fingerprint density at radius 1 is 1.30 bits per heavy atom. The van der Waals surface area contributed by atoms with Crippen molar-refractivity contribution in [2.75, 3.05) is 25.3 Å². The van der Waals surface area contributed by atoms with Crippen molar-refractivity contribution in [3.8, 4) is 0 Å². The number of hydrogen-bond acceptors (Lipinski definition) is 6. The standard InChI is InChI=1S/C20H27N3O4/c1-14(2)27-12-8-11-21-15(3)19-17(13-18(24)26-4)22-23(20(19)25)16-9-6-5-7-10-16/h5-7,9-10,14,19H,8,11-13H2,1-4H3. The van der Waals surface area contributed by atoms with Crippen LogP contribution in [0.2, 0.25) is 0 Å². The van der Waals surface area contributed by atoms with Gasteiger partial charge >= 0.3 is 5.97 Å². The zero-order chi connectivity index (χ0) is 19.8. The minimum atomic E-state index is -0.643. The molecule has 146 valence electrons. The Morgan fingerprint density at radius 3 is 2.63 bits per heavy atom. The van der Waals surface area contributed by atoms with Crippen LogP contribution in [0, 0.1) is 5.92 Å². The number of rotatable bonds is 9. The van der Waals surface area contributed by atoms with Crippen LogP contribution in [-0.2, 0) is 19.1 Å². The zero-order valence-corrected chi connectivity index (χ0v) is 16.3. The molecular weight excluding hydrogens is 346 g/mol. The number of methoxy groups -OCH3 is 1. The maximum Gasteiger partial charge on any atom is 0.311 e. The minimum absolute atomic E-state index is 0.0421. The molecule has 0 N–H and O–H groups in total. The molecule has 1 aromatic carbocycles. The first-order valence-electron chi connectivity index (χ1n) is 9.09. The van der Waals surface area contributed by atoms with Crippen LogP contribution in [0.4, 0.5) is 5.69 Å². The third-order valence-electron chi connectivity index (χ3n) is 4.10. The predicted molar refractivity (Wildman–Crippen MR) is 105 cm³/mol. The maximum atomic E-state index is 13.0. The fourth-order valence-electron chi connectivity index (χ4n) is 2.76. The van der Waals surface area contributed by atoms with Crippen molar-refractivity contribution in [3.63, 3.8) is 0 Å². The second-order valence-corrected chi connectivity index (χ2v) is 6.56. The number of benzene rings is 1. The summed E-state index contributed by atoms with van der Waals surface area (Å²) in [5.74, 6) is -1.28. The van der Waals surface area contributed by atoms with Gasteiger partial charge in [-0.15, -0.1) is 0 Å². The molecule has 1 atom stereocenters. The third-order valence-corrected chi connectivity index (χ3v) is 4.10. The van der Waals surface area contributed by atoms with Crippen LogP contribution < -0.4 is 5.01 Å². The van der Waals surface area contributed by atoms with Gasteiger partial charge in [0.05, 0.1) is 31.0 Å². The molecule has 1 aromatic rings. The van der Waals surface area contributed by atoms with Crippen molar-refractivity contribution in [1.82, 2.24) is 0 Å². The van der Waals surface area contributed by atoms with E-state index >= 15 is 0 Å². The highest BCUT2D eigenvalue weighted by atomic mass is 16.5. The molecule has 2 rings (SSSR count). The number of anilines is 1. The number of amides is 1. The quantitative estimate of drug-likeness (QED) is 0.379. The normalized spacial score (nSPS) is 17.4. The maximum absolute atomic E-state index is 13.0. The Balaban J connectivity index is 2.15. The molecular formula is C20H27N3O4. The summed E-state index contributed by atoms with van der Waals surface area (Å²) in [5.41, 5.74) is 1.76. The lowest BCUT2D eigenvalue weighted by Crippen LogP contribution is -2.33. The number of hydrogen-bond donors (Lipinski definition) is 0. The Morgan fingerprint density at radius 2 is 2.00 bits per heavy atom. The molecule has 0 fully saturated rings. The van der Waals surface area contributed by atoms with Gasteiger partial charge in [-0.3, -0.25) is 14.6 Å². The van der Waals surface area contributed by atoms with Crippen LogP contribution in [0.3, 0.4) is 0 Å². The van der Waals surface area contributed by atoms with Gasteiger partial charge in [0.2, 0.25) is 0 Å². The van der Waals surface area contributed by atoms with E-state index in [4.69, 9.17) is 9.47 Å². The van der Waals surface area contributed by atoms with Crippen molar-refractivity contribution < 1.29 is 19.1 Å². The van der Waals surface area contributed by atoms with E-state index < -0.39 is 11.9 Å². The summed E-state index contributed by atoms with van der Waals surface area (Å²) in [5, 5.41) is 5.73. The van der Waals surface area contributed by atoms with Gasteiger partial charge in [-0.05, 0) is 39.3 Å². The molecule has 0 aromatic heterocycles. The van der Waals surface area contributed by atoms with E-state index in [0.717, 1.165) is 6.42 Å². The average Bonchev–Trinajstić information content (AvgIpc) is 2.97. The molecule has 1 aliphatic heterocycles. The summed E-state index contributed by atoms with van der Waals surface area (Å²) >= 11 is 0. The van der Waals surface area contributed by atoms with Gasteiger partial charge in [-0.2, -0.15) is 10.1 Å².